The minimum absolute atomic E-state index is 0.903. The summed E-state index contributed by atoms with van der Waals surface area (Å²) in [6.45, 7) is 0. The number of hydrogen-bond donors (Lipinski definition) is 0. The Balaban J connectivity index is 2.88. The third kappa shape index (κ3) is 0.691. The summed E-state index contributed by atoms with van der Waals surface area (Å²) in [5.41, 5.74) is 1.90. The highest BCUT2D eigenvalue weighted by molar-refractivity contribution is 6.31. The lowest BCUT2D eigenvalue weighted by atomic mass is 10.1. The molecule has 3 nitrogen and oxygen atoms in total. The Hall–Kier alpha value is -1.32. The maximum Gasteiger partial charge on any atom is 0.166 e. The van der Waals surface area contributed by atoms with Gasteiger partial charge in [0, 0.05) is 18.0 Å². The van der Waals surface area contributed by atoms with Gasteiger partial charge >= 0.3 is 0 Å². The van der Waals surface area contributed by atoms with Crippen LogP contribution >= 0.6 is 0 Å². The molecule has 0 spiro atoms. The highest BCUT2D eigenvalue weighted by Gasteiger charge is 1.93. The van der Waals surface area contributed by atoms with Crippen molar-refractivity contribution in [2.24, 2.45) is 0 Å². The molecule has 4 heteroatoms. The fourth-order valence-electron chi connectivity index (χ4n) is 0.949. The minimum atomic E-state index is 0.903. The van der Waals surface area contributed by atoms with Gasteiger partial charge < -0.3 is 0 Å². The first kappa shape index (κ1) is 5.47. The maximum absolute atomic E-state index is 4.17. The average Bonchev–Trinajstić information content (AvgIpc) is 2.27. The summed E-state index contributed by atoms with van der Waals surface area (Å²) in [4.78, 5) is 4.10. The molecule has 0 fully saturated rings. The lowest BCUT2D eigenvalue weighted by Crippen LogP contribution is -2.02. The van der Waals surface area contributed by atoms with Gasteiger partial charge in [0.05, 0.1) is 0 Å². The van der Waals surface area contributed by atoms with Crippen molar-refractivity contribution in [2.75, 3.05) is 0 Å². The Kier molecular flexibility index (Phi) is 1.00. The number of hydrogen-bond acceptors (Lipinski definition) is 2. The second-order valence-electron chi connectivity index (χ2n) is 2.21. The normalized spacial score (nSPS) is 10.4. The van der Waals surface area contributed by atoms with Gasteiger partial charge in [0.25, 0.3) is 0 Å². The number of nitrogens with zero attached hydrogens (tertiary/aromatic N) is 3. The summed E-state index contributed by atoms with van der Waals surface area (Å²) < 4.78 is 1.76. The van der Waals surface area contributed by atoms with Crippen LogP contribution in [0, 0.1) is 0 Å². The summed E-state index contributed by atoms with van der Waals surface area (Å²) >= 11 is 0. The van der Waals surface area contributed by atoms with E-state index in [-0.39, 0.29) is 0 Å². The molecule has 0 saturated carbocycles. The van der Waals surface area contributed by atoms with Crippen LogP contribution in [0.25, 0.3) is 5.65 Å². The molecule has 48 valence electrons. The topological polar surface area (TPSA) is 30.2 Å². The molecule has 0 aliphatic heterocycles. The van der Waals surface area contributed by atoms with Gasteiger partial charge in [0.2, 0.25) is 0 Å². The van der Waals surface area contributed by atoms with Crippen molar-refractivity contribution in [3.05, 3.63) is 24.5 Å². The zero-order valence-corrected chi connectivity index (χ0v) is 5.65. The number of rotatable bonds is 0. The number of aromatic nitrogens is 3. The van der Waals surface area contributed by atoms with Crippen molar-refractivity contribution in [3.63, 3.8) is 0 Å². The van der Waals surface area contributed by atoms with Crippen molar-refractivity contribution < 1.29 is 0 Å². The summed E-state index contributed by atoms with van der Waals surface area (Å²) in [6.07, 6.45) is 3.64. The molecule has 0 radical (unpaired) electrons. The van der Waals surface area contributed by atoms with Crippen LogP contribution < -0.4 is 5.59 Å². The highest BCUT2D eigenvalue weighted by Crippen LogP contribution is 1.91. The first-order valence-corrected chi connectivity index (χ1v) is 3.13. The highest BCUT2D eigenvalue weighted by atomic mass is 15.2. The van der Waals surface area contributed by atoms with Gasteiger partial charge in [-0.05, 0) is 12.1 Å². The molecule has 0 aromatic carbocycles. The third-order valence-corrected chi connectivity index (χ3v) is 1.36. The smallest absolute Gasteiger partial charge is 0.166 e. The van der Waals surface area contributed by atoms with Gasteiger partial charge in [-0.25, -0.2) is 9.50 Å². The molecule has 0 N–H and O–H groups in total. The molecule has 2 aromatic heterocycles. The van der Waals surface area contributed by atoms with Gasteiger partial charge in [-0.2, -0.15) is 5.10 Å². The van der Waals surface area contributed by atoms with Crippen LogP contribution in [0.15, 0.2) is 24.5 Å². The lowest BCUT2D eigenvalue weighted by molar-refractivity contribution is 0.952. The SMILES string of the molecule is Bc1cc2ncccn2n1. The Morgan fingerprint density at radius 2 is 2.40 bits per heavy atom. The summed E-state index contributed by atoms with van der Waals surface area (Å²) in [5.74, 6) is 0. The van der Waals surface area contributed by atoms with E-state index in [1.54, 1.807) is 10.7 Å². The molecule has 0 unspecified atom stereocenters. The molecule has 0 bridgehead atoms. The largest absolute Gasteiger partial charge is 0.237 e. The average molecular weight is 131 g/mol. The van der Waals surface area contributed by atoms with Gasteiger partial charge in [0.1, 0.15) is 0 Å². The summed E-state index contributed by atoms with van der Waals surface area (Å²) in [7, 11) is 1.95. The van der Waals surface area contributed by atoms with E-state index in [4.69, 9.17) is 0 Å². The van der Waals surface area contributed by atoms with E-state index in [1.165, 1.54) is 0 Å². The van der Waals surface area contributed by atoms with E-state index in [1.807, 2.05) is 26.2 Å². The molecule has 2 rings (SSSR count). The van der Waals surface area contributed by atoms with E-state index < -0.39 is 0 Å². The van der Waals surface area contributed by atoms with Crippen LogP contribution in [0.2, 0.25) is 0 Å². The van der Waals surface area contributed by atoms with Crippen LogP contribution in [-0.2, 0) is 0 Å². The monoisotopic (exact) mass is 131 g/mol. The molecule has 0 aliphatic rings. The Morgan fingerprint density at radius 1 is 1.50 bits per heavy atom. The van der Waals surface area contributed by atoms with Gasteiger partial charge in [-0.15, -0.1) is 0 Å². The van der Waals surface area contributed by atoms with E-state index >= 15 is 0 Å². The van der Waals surface area contributed by atoms with Crippen molar-refractivity contribution in [3.8, 4) is 0 Å². The quantitative estimate of drug-likeness (QED) is 0.428. The van der Waals surface area contributed by atoms with Crippen LogP contribution in [0.1, 0.15) is 0 Å². The number of fused-ring (bicyclic) bond motifs is 1. The summed E-state index contributed by atoms with van der Waals surface area (Å²) in [5, 5.41) is 4.17. The second-order valence-corrected chi connectivity index (χ2v) is 2.21. The molecule has 0 saturated heterocycles. The first-order valence-electron chi connectivity index (χ1n) is 3.13. The molecular weight excluding hydrogens is 125 g/mol. The Labute approximate surface area is 59.1 Å². The van der Waals surface area contributed by atoms with E-state index in [0.717, 1.165) is 11.2 Å². The minimum Gasteiger partial charge on any atom is -0.237 e. The Bertz CT molecular complexity index is 322. The van der Waals surface area contributed by atoms with Crippen LogP contribution in [0.3, 0.4) is 0 Å². The summed E-state index contributed by atoms with van der Waals surface area (Å²) in [6, 6.07) is 3.80. The van der Waals surface area contributed by atoms with Crippen molar-refractivity contribution in [1.82, 2.24) is 14.6 Å². The standard InChI is InChI=1S/C6H6BN3/c7-5-4-6-8-2-1-3-10(6)9-5/h1-4H,7H2. The second kappa shape index (κ2) is 1.83. The Morgan fingerprint density at radius 3 is 3.20 bits per heavy atom. The maximum atomic E-state index is 4.17. The van der Waals surface area contributed by atoms with Crippen LogP contribution in [0.5, 0.6) is 0 Å². The van der Waals surface area contributed by atoms with Crippen molar-refractivity contribution in [2.45, 2.75) is 0 Å². The zero-order valence-electron chi connectivity index (χ0n) is 5.65. The third-order valence-electron chi connectivity index (χ3n) is 1.36. The van der Waals surface area contributed by atoms with Crippen molar-refractivity contribution in [1.29, 1.82) is 0 Å². The molecule has 0 amide bonds. The molecule has 10 heavy (non-hydrogen) atoms. The molecule has 0 atom stereocenters. The molecular formula is C6H6BN3. The lowest BCUT2D eigenvalue weighted by Gasteiger charge is -1.86. The predicted molar refractivity (Wildman–Crippen MR) is 41.2 cm³/mol. The van der Waals surface area contributed by atoms with Crippen LogP contribution in [0.4, 0.5) is 0 Å². The molecule has 2 heterocycles. The first-order chi connectivity index (χ1) is 4.86. The molecule has 2 aromatic rings. The molecule has 0 aliphatic carbocycles. The zero-order chi connectivity index (χ0) is 6.97. The van der Waals surface area contributed by atoms with E-state index in [2.05, 4.69) is 10.1 Å². The van der Waals surface area contributed by atoms with Crippen molar-refractivity contribution >= 4 is 19.1 Å². The van der Waals surface area contributed by atoms with E-state index in [9.17, 15) is 0 Å². The predicted octanol–water partition coefficient (Wildman–Crippen LogP) is -1.01. The van der Waals surface area contributed by atoms with E-state index in [0.29, 0.717) is 0 Å². The fourth-order valence-corrected chi connectivity index (χ4v) is 0.949. The fraction of sp³-hybridized carbons (Fsp3) is 0. The van der Waals surface area contributed by atoms with Crippen LogP contribution in [-0.4, -0.2) is 22.4 Å². The van der Waals surface area contributed by atoms with Gasteiger partial charge in [-0.1, -0.05) is 0 Å². The van der Waals surface area contributed by atoms with Gasteiger partial charge in [-0.3, -0.25) is 0 Å². The van der Waals surface area contributed by atoms with Gasteiger partial charge in [0.15, 0.2) is 13.5 Å².